The second-order valence-corrected chi connectivity index (χ2v) is 3.97. The molecule has 14 heavy (non-hydrogen) atoms. The zero-order chi connectivity index (χ0) is 10.6. The van der Waals surface area contributed by atoms with Gasteiger partial charge in [0.2, 0.25) is 0 Å². The number of nitrogen functional groups attached to an aromatic ring is 1. The lowest BCUT2D eigenvalue weighted by Gasteiger charge is -2.06. The summed E-state index contributed by atoms with van der Waals surface area (Å²) in [5, 5.41) is 0.665. The molecule has 2 nitrogen and oxygen atoms in total. The van der Waals surface area contributed by atoms with Gasteiger partial charge in [-0.2, -0.15) is 0 Å². The van der Waals surface area contributed by atoms with Crippen LogP contribution in [0.3, 0.4) is 0 Å². The van der Waals surface area contributed by atoms with E-state index in [4.69, 9.17) is 17.3 Å². The molecule has 1 aromatic rings. The van der Waals surface area contributed by atoms with E-state index in [-0.39, 0.29) is 5.78 Å². The van der Waals surface area contributed by atoms with E-state index >= 15 is 0 Å². The van der Waals surface area contributed by atoms with Gasteiger partial charge < -0.3 is 5.73 Å². The molecular weight excluding hydrogens is 265 g/mol. The van der Waals surface area contributed by atoms with Gasteiger partial charge in [-0.05, 0) is 23.8 Å². The maximum atomic E-state index is 11.6. The molecule has 0 aliphatic carbocycles. The summed E-state index contributed by atoms with van der Waals surface area (Å²) in [5.74, 6) is 0.409. The van der Waals surface area contributed by atoms with Crippen molar-refractivity contribution in [3.8, 4) is 0 Å². The maximum Gasteiger partial charge on any atom is 0.164 e. The summed E-state index contributed by atoms with van der Waals surface area (Å²) in [6.07, 6.45) is 0.480. The predicted octanol–water partition coefficient (Wildman–Crippen LogP) is 2.98. The average molecular weight is 277 g/mol. The van der Waals surface area contributed by atoms with Crippen LogP contribution >= 0.6 is 27.5 Å². The van der Waals surface area contributed by atoms with Crippen LogP contribution in [0.5, 0.6) is 0 Å². The molecule has 0 aliphatic rings. The van der Waals surface area contributed by atoms with Crippen molar-refractivity contribution in [2.24, 2.45) is 0 Å². The first-order valence-corrected chi connectivity index (χ1v) is 5.88. The number of anilines is 1. The van der Waals surface area contributed by atoms with E-state index in [1.165, 1.54) is 0 Å². The van der Waals surface area contributed by atoms with Crippen molar-refractivity contribution in [3.05, 3.63) is 29.3 Å². The van der Waals surface area contributed by atoms with Crippen molar-refractivity contribution in [3.63, 3.8) is 0 Å². The third-order valence-corrected chi connectivity index (χ3v) is 2.58. The zero-order valence-electron chi connectivity index (χ0n) is 7.59. The number of rotatable bonds is 4. The monoisotopic (exact) mass is 275 g/mol. The second kappa shape index (κ2) is 5.37. The van der Waals surface area contributed by atoms with E-state index in [1.54, 1.807) is 18.2 Å². The van der Waals surface area contributed by atoms with Crippen LogP contribution in [-0.2, 0) is 5.88 Å². The summed E-state index contributed by atoms with van der Waals surface area (Å²) in [6, 6.07) is 5.20. The van der Waals surface area contributed by atoms with Crippen LogP contribution < -0.4 is 5.73 Å². The molecular formula is C10H11BrClNO. The zero-order valence-corrected chi connectivity index (χ0v) is 9.94. The quantitative estimate of drug-likeness (QED) is 0.522. The molecule has 0 atom stereocenters. The lowest BCUT2D eigenvalue weighted by molar-refractivity contribution is 0.0989. The Balaban J connectivity index is 3.01. The Bertz CT molecular complexity index is 341. The normalized spacial score (nSPS) is 10.1. The Morgan fingerprint density at radius 3 is 2.79 bits per heavy atom. The Morgan fingerprint density at radius 2 is 2.21 bits per heavy atom. The van der Waals surface area contributed by atoms with Crippen LogP contribution in [-0.4, -0.2) is 11.1 Å². The summed E-state index contributed by atoms with van der Waals surface area (Å²) in [6.45, 7) is 0. The fraction of sp³-hybridized carbons (Fsp3) is 0.300. The fourth-order valence-electron chi connectivity index (χ4n) is 1.22. The average Bonchev–Trinajstić information content (AvgIpc) is 2.17. The van der Waals surface area contributed by atoms with E-state index < -0.39 is 0 Å². The summed E-state index contributed by atoms with van der Waals surface area (Å²) in [5.41, 5.74) is 7.71. The van der Waals surface area contributed by atoms with Gasteiger partial charge >= 0.3 is 0 Å². The molecule has 0 saturated heterocycles. The molecule has 0 radical (unpaired) electrons. The molecule has 2 N–H and O–H groups in total. The number of alkyl halides is 2. The van der Waals surface area contributed by atoms with Gasteiger partial charge in [0, 0.05) is 28.9 Å². The van der Waals surface area contributed by atoms with Crippen molar-refractivity contribution in [1.29, 1.82) is 0 Å². The van der Waals surface area contributed by atoms with E-state index in [0.717, 1.165) is 5.56 Å². The van der Waals surface area contributed by atoms with Crippen LogP contribution in [0, 0.1) is 0 Å². The molecule has 1 rings (SSSR count). The van der Waals surface area contributed by atoms with Crippen LogP contribution in [0.15, 0.2) is 18.2 Å². The molecule has 0 saturated carbocycles. The molecule has 0 aromatic heterocycles. The molecule has 0 fully saturated rings. The predicted molar refractivity (Wildman–Crippen MR) is 63.2 cm³/mol. The molecule has 0 heterocycles. The number of hydrogen-bond acceptors (Lipinski definition) is 2. The Labute approximate surface area is 96.6 Å². The molecule has 76 valence electrons. The number of carbonyl (C=O) groups is 1. The Kier molecular flexibility index (Phi) is 4.42. The lowest BCUT2D eigenvalue weighted by Crippen LogP contribution is -2.04. The highest BCUT2D eigenvalue weighted by atomic mass is 79.9. The van der Waals surface area contributed by atoms with Gasteiger partial charge in [-0.1, -0.05) is 15.9 Å². The van der Waals surface area contributed by atoms with Crippen molar-refractivity contribution < 1.29 is 4.79 Å². The third kappa shape index (κ3) is 2.72. The van der Waals surface area contributed by atoms with Crippen molar-refractivity contribution >= 4 is 39.0 Å². The molecule has 0 amide bonds. The highest BCUT2D eigenvalue weighted by Crippen LogP contribution is 2.17. The van der Waals surface area contributed by atoms with E-state index in [9.17, 15) is 4.79 Å². The van der Waals surface area contributed by atoms with Gasteiger partial charge in [0.15, 0.2) is 5.78 Å². The minimum atomic E-state index is 0.0949. The first kappa shape index (κ1) is 11.5. The standard InChI is InChI=1S/C10H11BrClNO/c11-4-3-10(14)9-2-1-8(13)5-7(9)6-12/h1-2,5H,3-4,6,13H2. The number of Topliss-reactive ketones (excluding diaryl/α,β-unsaturated/α-hetero) is 1. The molecule has 0 unspecified atom stereocenters. The molecule has 4 heteroatoms. The number of ketones is 1. The van der Waals surface area contributed by atoms with E-state index in [0.29, 0.717) is 28.9 Å². The van der Waals surface area contributed by atoms with Crippen molar-refractivity contribution in [2.45, 2.75) is 12.3 Å². The van der Waals surface area contributed by atoms with Gasteiger partial charge in [-0.15, -0.1) is 11.6 Å². The van der Waals surface area contributed by atoms with Crippen LogP contribution in [0.1, 0.15) is 22.3 Å². The summed E-state index contributed by atoms with van der Waals surface area (Å²) in [4.78, 5) is 11.6. The van der Waals surface area contributed by atoms with Crippen LogP contribution in [0.25, 0.3) is 0 Å². The van der Waals surface area contributed by atoms with Crippen molar-refractivity contribution in [1.82, 2.24) is 0 Å². The number of hydrogen-bond donors (Lipinski definition) is 1. The molecule has 0 bridgehead atoms. The van der Waals surface area contributed by atoms with Crippen LogP contribution in [0.4, 0.5) is 5.69 Å². The molecule has 0 aliphatic heterocycles. The third-order valence-electron chi connectivity index (χ3n) is 1.90. The van der Waals surface area contributed by atoms with Crippen LogP contribution in [0.2, 0.25) is 0 Å². The van der Waals surface area contributed by atoms with E-state index in [1.807, 2.05) is 0 Å². The minimum Gasteiger partial charge on any atom is -0.399 e. The minimum absolute atomic E-state index is 0.0949. The van der Waals surface area contributed by atoms with Gasteiger partial charge in [-0.3, -0.25) is 4.79 Å². The topological polar surface area (TPSA) is 43.1 Å². The maximum absolute atomic E-state index is 11.6. The Morgan fingerprint density at radius 1 is 1.50 bits per heavy atom. The molecule has 0 spiro atoms. The molecule has 1 aromatic carbocycles. The number of carbonyl (C=O) groups excluding carboxylic acids is 1. The largest absolute Gasteiger partial charge is 0.399 e. The smallest absolute Gasteiger partial charge is 0.164 e. The first-order valence-electron chi connectivity index (χ1n) is 4.22. The van der Waals surface area contributed by atoms with Crippen molar-refractivity contribution in [2.75, 3.05) is 11.1 Å². The SMILES string of the molecule is Nc1ccc(C(=O)CCBr)c(CCl)c1. The van der Waals surface area contributed by atoms with Gasteiger partial charge in [0.25, 0.3) is 0 Å². The second-order valence-electron chi connectivity index (χ2n) is 2.91. The fourth-order valence-corrected chi connectivity index (χ4v) is 1.80. The highest BCUT2D eigenvalue weighted by Gasteiger charge is 2.09. The number of benzene rings is 1. The summed E-state index contributed by atoms with van der Waals surface area (Å²) < 4.78 is 0. The van der Waals surface area contributed by atoms with Gasteiger partial charge in [0.05, 0.1) is 0 Å². The van der Waals surface area contributed by atoms with Gasteiger partial charge in [0.1, 0.15) is 0 Å². The summed E-state index contributed by atoms with van der Waals surface area (Å²) in [7, 11) is 0. The van der Waals surface area contributed by atoms with E-state index in [2.05, 4.69) is 15.9 Å². The number of nitrogens with two attached hydrogens (primary N) is 1. The van der Waals surface area contributed by atoms with Gasteiger partial charge in [-0.25, -0.2) is 0 Å². The summed E-state index contributed by atoms with van der Waals surface area (Å²) >= 11 is 8.96. The first-order chi connectivity index (χ1) is 6.69. The lowest BCUT2D eigenvalue weighted by atomic mass is 10.0. The highest BCUT2D eigenvalue weighted by molar-refractivity contribution is 9.09. The Hall–Kier alpha value is -0.540. The number of halogens is 2.